The molecule has 144 valence electrons. The van der Waals surface area contributed by atoms with Crippen LogP contribution in [-0.2, 0) is 10.0 Å². The summed E-state index contributed by atoms with van der Waals surface area (Å²) in [6, 6.07) is 15.3. The number of hydrogen-bond donors (Lipinski definition) is 2. The molecule has 0 aliphatic carbocycles. The van der Waals surface area contributed by atoms with Gasteiger partial charge < -0.3 is 10.1 Å². The summed E-state index contributed by atoms with van der Waals surface area (Å²) in [6.45, 7) is 0. The van der Waals surface area contributed by atoms with Crippen LogP contribution in [0.1, 0.15) is 10.4 Å². The smallest absolute Gasteiger partial charge is 0.263 e. The molecule has 8 nitrogen and oxygen atoms in total. The minimum absolute atomic E-state index is 0.000425. The molecule has 0 unspecified atom stereocenters. The lowest BCUT2D eigenvalue weighted by Gasteiger charge is -2.10. The summed E-state index contributed by atoms with van der Waals surface area (Å²) in [5.41, 5.74) is 0.797. The molecule has 1 amide bonds. The van der Waals surface area contributed by atoms with E-state index in [0.717, 1.165) is 0 Å². The van der Waals surface area contributed by atoms with Gasteiger partial charge in [0.2, 0.25) is 0 Å². The van der Waals surface area contributed by atoms with E-state index in [-0.39, 0.29) is 21.8 Å². The Morgan fingerprint density at radius 2 is 1.71 bits per heavy atom. The van der Waals surface area contributed by atoms with Crippen LogP contribution in [0.3, 0.4) is 0 Å². The van der Waals surface area contributed by atoms with Gasteiger partial charge in [-0.05, 0) is 48.5 Å². The summed E-state index contributed by atoms with van der Waals surface area (Å²) in [4.78, 5) is 12.4. The third kappa shape index (κ3) is 4.56. The normalized spacial score (nSPS) is 10.9. The molecule has 0 fully saturated rings. The number of ether oxygens (including phenoxy) is 1. The van der Waals surface area contributed by atoms with Crippen LogP contribution < -0.4 is 14.8 Å². The number of amides is 1. The molecule has 1 heterocycles. The first kappa shape index (κ1) is 19.6. The maximum atomic E-state index is 12.4. The molecule has 1 aromatic heterocycles. The van der Waals surface area contributed by atoms with Crippen molar-refractivity contribution in [2.45, 2.75) is 4.90 Å². The lowest BCUT2D eigenvalue weighted by Crippen LogP contribution is -2.15. The second-order valence-corrected chi connectivity index (χ2v) is 7.60. The lowest BCUT2D eigenvalue weighted by atomic mass is 10.2. The number of benzene rings is 2. The summed E-state index contributed by atoms with van der Waals surface area (Å²) in [6.07, 6.45) is 0. The average Bonchev–Trinajstić information content (AvgIpc) is 2.70. The first-order valence-corrected chi connectivity index (χ1v) is 9.81. The van der Waals surface area contributed by atoms with Crippen molar-refractivity contribution in [2.24, 2.45) is 0 Å². The molecule has 0 saturated heterocycles. The third-order valence-corrected chi connectivity index (χ3v) is 5.22. The summed E-state index contributed by atoms with van der Waals surface area (Å²) in [5, 5.41) is 10.1. The van der Waals surface area contributed by atoms with Gasteiger partial charge in [0.05, 0.1) is 17.6 Å². The van der Waals surface area contributed by atoms with E-state index in [4.69, 9.17) is 16.3 Å². The Bertz CT molecular complexity index is 1090. The number of sulfonamides is 1. The molecule has 2 aromatic carbocycles. The standard InChI is InChI=1S/C18H15ClN4O4S/c1-27-15-5-3-2-4-14(15)18(24)20-12-6-8-13(9-7-12)28(25,26)23-17-11-10-16(19)21-22-17/h2-11H,1H3,(H,20,24)(H,22,23). The van der Waals surface area contributed by atoms with Gasteiger partial charge in [0.15, 0.2) is 11.0 Å². The molecular weight excluding hydrogens is 404 g/mol. The fourth-order valence-corrected chi connectivity index (χ4v) is 3.41. The highest BCUT2D eigenvalue weighted by Gasteiger charge is 2.16. The molecule has 2 N–H and O–H groups in total. The molecule has 0 bridgehead atoms. The topological polar surface area (TPSA) is 110 Å². The van der Waals surface area contributed by atoms with Gasteiger partial charge in [0.1, 0.15) is 5.75 Å². The zero-order valence-corrected chi connectivity index (χ0v) is 16.2. The van der Waals surface area contributed by atoms with Gasteiger partial charge in [-0.2, -0.15) is 0 Å². The largest absolute Gasteiger partial charge is 0.496 e. The first-order chi connectivity index (χ1) is 13.4. The van der Waals surface area contributed by atoms with Crippen LogP contribution in [0.25, 0.3) is 0 Å². The van der Waals surface area contributed by atoms with Crippen molar-refractivity contribution >= 4 is 39.0 Å². The van der Waals surface area contributed by atoms with Crippen LogP contribution in [0, 0.1) is 0 Å². The summed E-state index contributed by atoms with van der Waals surface area (Å²) in [7, 11) is -2.39. The van der Waals surface area contributed by atoms with Gasteiger partial charge in [0.25, 0.3) is 15.9 Å². The summed E-state index contributed by atoms with van der Waals surface area (Å²) < 4.78 is 32.3. The van der Waals surface area contributed by atoms with Gasteiger partial charge in [-0.1, -0.05) is 23.7 Å². The maximum Gasteiger partial charge on any atom is 0.263 e. The van der Waals surface area contributed by atoms with Crippen molar-refractivity contribution in [1.29, 1.82) is 0 Å². The van der Waals surface area contributed by atoms with Gasteiger partial charge in [-0.15, -0.1) is 10.2 Å². The third-order valence-electron chi connectivity index (χ3n) is 3.65. The molecular formula is C18H15ClN4O4S. The van der Waals surface area contributed by atoms with Crippen LogP contribution in [0.15, 0.2) is 65.6 Å². The molecule has 0 atom stereocenters. The van der Waals surface area contributed by atoms with Crippen LogP contribution in [-0.4, -0.2) is 31.6 Å². The van der Waals surface area contributed by atoms with E-state index in [2.05, 4.69) is 20.2 Å². The molecule has 0 aliphatic heterocycles. The Balaban J connectivity index is 1.74. The van der Waals surface area contributed by atoms with Gasteiger partial charge >= 0.3 is 0 Å². The number of aromatic nitrogens is 2. The minimum atomic E-state index is -3.86. The van der Waals surface area contributed by atoms with Crippen molar-refractivity contribution in [1.82, 2.24) is 10.2 Å². The molecule has 10 heteroatoms. The highest BCUT2D eigenvalue weighted by atomic mass is 35.5. The number of halogens is 1. The van der Waals surface area contributed by atoms with E-state index in [0.29, 0.717) is 17.0 Å². The van der Waals surface area contributed by atoms with E-state index in [1.807, 2.05) is 0 Å². The van der Waals surface area contributed by atoms with Gasteiger partial charge in [-0.25, -0.2) is 8.42 Å². The molecule has 0 spiro atoms. The molecule has 0 radical (unpaired) electrons. The number of carbonyl (C=O) groups is 1. The number of carbonyl (C=O) groups excluding carboxylic acids is 1. The Kier molecular flexibility index (Phi) is 5.76. The van der Waals surface area contributed by atoms with E-state index in [9.17, 15) is 13.2 Å². The fraction of sp³-hybridized carbons (Fsp3) is 0.0556. The van der Waals surface area contributed by atoms with Crippen LogP contribution in [0.5, 0.6) is 5.75 Å². The maximum absolute atomic E-state index is 12.4. The summed E-state index contributed by atoms with van der Waals surface area (Å²) >= 11 is 5.63. The van der Waals surface area contributed by atoms with Crippen LogP contribution in [0.4, 0.5) is 11.5 Å². The van der Waals surface area contributed by atoms with Gasteiger partial charge in [-0.3, -0.25) is 9.52 Å². The molecule has 0 aliphatic rings. The first-order valence-electron chi connectivity index (χ1n) is 7.95. The molecule has 28 heavy (non-hydrogen) atoms. The fourth-order valence-electron chi connectivity index (χ4n) is 2.32. The van der Waals surface area contributed by atoms with Crippen molar-refractivity contribution in [3.8, 4) is 5.75 Å². The van der Waals surface area contributed by atoms with E-state index >= 15 is 0 Å². The number of hydrogen-bond acceptors (Lipinski definition) is 6. The van der Waals surface area contributed by atoms with E-state index in [1.54, 1.807) is 24.3 Å². The molecule has 0 saturated carbocycles. The summed E-state index contributed by atoms with van der Waals surface area (Å²) in [5.74, 6) is 0.105. The lowest BCUT2D eigenvalue weighted by molar-refractivity contribution is 0.102. The quantitative estimate of drug-likeness (QED) is 0.636. The zero-order valence-electron chi connectivity index (χ0n) is 14.6. The number of methoxy groups -OCH3 is 1. The van der Waals surface area contributed by atoms with E-state index in [1.165, 1.54) is 43.5 Å². The Morgan fingerprint density at radius 3 is 2.36 bits per heavy atom. The molecule has 3 rings (SSSR count). The van der Waals surface area contributed by atoms with Crippen molar-refractivity contribution in [2.75, 3.05) is 17.1 Å². The predicted molar refractivity (Wildman–Crippen MR) is 105 cm³/mol. The number of nitrogens with one attached hydrogen (secondary N) is 2. The van der Waals surface area contributed by atoms with Crippen LogP contribution >= 0.6 is 11.6 Å². The highest BCUT2D eigenvalue weighted by Crippen LogP contribution is 2.21. The monoisotopic (exact) mass is 418 g/mol. The second-order valence-electron chi connectivity index (χ2n) is 5.53. The number of para-hydroxylation sites is 1. The minimum Gasteiger partial charge on any atom is -0.496 e. The van der Waals surface area contributed by atoms with Crippen LogP contribution in [0.2, 0.25) is 5.15 Å². The molecule has 3 aromatic rings. The predicted octanol–water partition coefficient (Wildman–Crippen LogP) is 3.19. The average molecular weight is 419 g/mol. The van der Waals surface area contributed by atoms with Gasteiger partial charge in [0, 0.05) is 5.69 Å². The Morgan fingerprint density at radius 1 is 1.00 bits per heavy atom. The van der Waals surface area contributed by atoms with Crippen molar-refractivity contribution < 1.29 is 17.9 Å². The highest BCUT2D eigenvalue weighted by molar-refractivity contribution is 7.92. The van der Waals surface area contributed by atoms with E-state index < -0.39 is 10.0 Å². The zero-order chi connectivity index (χ0) is 20.1. The Hall–Kier alpha value is -3.17. The second kappa shape index (κ2) is 8.24. The Labute approximate surface area is 166 Å². The SMILES string of the molecule is COc1ccccc1C(=O)Nc1ccc(S(=O)(=O)Nc2ccc(Cl)nn2)cc1. The number of nitrogens with zero attached hydrogens (tertiary/aromatic N) is 2. The van der Waals surface area contributed by atoms with Crippen molar-refractivity contribution in [3.05, 3.63) is 71.4 Å². The van der Waals surface area contributed by atoms with Crippen molar-refractivity contribution in [3.63, 3.8) is 0 Å². The number of anilines is 2. The number of rotatable bonds is 6.